The van der Waals surface area contributed by atoms with Crippen molar-refractivity contribution in [2.24, 2.45) is 23.7 Å². The topological polar surface area (TPSA) is 0 Å². The fraction of sp³-hybridized carbons (Fsp3) is 0.875. The Morgan fingerprint density at radius 2 is 1.44 bits per heavy atom. The van der Waals surface area contributed by atoms with Crippen molar-refractivity contribution in [2.75, 3.05) is 0 Å². The minimum absolute atomic E-state index is 0.111. The average Bonchev–Trinajstić information content (AvgIpc) is 2.37. The molecule has 18 heavy (non-hydrogen) atoms. The molecule has 4 unspecified atom stereocenters. The molecule has 0 spiro atoms. The van der Waals surface area contributed by atoms with Gasteiger partial charge in [0.2, 0.25) is 0 Å². The van der Waals surface area contributed by atoms with Crippen LogP contribution in [0.4, 0.5) is 8.78 Å². The highest BCUT2D eigenvalue weighted by atomic mass is 19.2. The highest BCUT2D eigenvalue weighted by Gasteiger charge is 2.36. The minimum atomic E-state index is -1.28. The zero-order valence-electron chi connectivity index (χ0n) is 11.6. The second-order valence-corrected chi connectivity index (χ2v) is 6.51. The Kier molecular flexibility index (Phi) is 4.80. The Bertz CT molecular complexity index is 279. The lowest BCUT2D eigenvalue weighted by Gasteiger charge is -2.32. The SMILES string of the molecule is CC1CCC(/C=C/C2CCC(C)C(F)C2F)CC1. The number of hydrogen-bond donors (Lipinski definition) is 0. The first-order valence-corrected chi connectivity index (χ1v) is 7.54. The molecule has 2 aliphatic carbocycles. The van der Waals surface area contributed by atoms with Crippen molar-refractivity contribution in [3.63, 3.8) is 0 Å². The van der Waals surface area contributed by atoms with Crippen LogP contribution in [0.5, 0.6) is 0 Å². The Hall–Kier alpha value is -0.400. The molecule has 0 nitrogen and oxygen atoms in total. The first-order chi connectivity index (χ1) is 8.58. The van der Waals surface area contributed by atoms with Crippen LogP contribution in [0.15, 0.2) is 12.2 Å². The summed E-state index contributed by atoms with van der Waals surface area (Å²) in [5, 5.41) is 0. The van der Waals surface area contributed by atoms with Gasteiger partial charge in [0.25, 0.3) is 0 Å². The molecule has 104 valence electrons. The van der Waals surface area contributed by atoms with Gasteiger partial charge in [-0.05, 0) is 43.4 Å². The van der Waals surface area contributed by atoms with Crippen LogP contribution in [-0.2, 0) is 0 Å². The van der Waals surface area contributed by atoms with Crippen LogP contribution < -0.4 is 0 Å². The maximum atomic E-state index is 13.9. The molecule has 0 heterocycles. The van der Waals surface area contributed by atoms with Crippen LogP contribution in [0.1, 0.15) is 52.4 Å². The van der Waals surface area contributed by atoms with Gasteiger partial charge >= 0.3 is 0 Å². The molecule has 0 aromatic carbocycles. The van der Waals surface area contributed by atoms with Gasteiger partial charge in [0, 0.05) is 5.92 Å². The van der Waals surface area contributed by atoms with E-state index in [0.717, 1.165) is 18.8 Å². The molecule has 2 fully saturated rings. The summed E-state index contributed by atoms with van der Waals surface area (Å²) in [6, 6.07) is 0. The summed E-state index contributed by atoms with van der Waals surface area (Å²) in [7, 11) is 0. The van der Waals surface area contributed by atoms with Crippen molar-refractivity contribution < 1.29 is 8.78 Å². The lowest BCUT2D eigenvalue weighted by molar-refractivity contribution is 0.0466. The summed E-state index contributed by atoms with van der Waals surface area (Å²) < 4.78 is 27.5. The third kappa shape index (κ3) is 3.33. The van der Waals surface area contributed by atoms with E-state index < -0.39 is 12.3 Å². The predicted octanol–water partition coefficient (Wildman–Crippen LogP) is 5.09. The molecule has 2 heteroatoms. The molecule has 2 rings (SSSR count). The molecule has 0 aliphatic heterocycles. The summed E-state index contributed by atoms with van der Waals surface area (Å²) in [4.78, 5) is 0. The van der Waals surface area contributed by atoms with Crippen molar-refractivity contribution >= 4 is 0 Å². The van der Waals surface area contributed by atoms with Crippen LogP contribution in [0.25, 0.3) is 0 Å². The summed E-state index contributed by atoms with van der Waals surface area (Å²) in [5.41, 5.74) is 0. The maximum absolute atomic E-state index is 13.9. The largest absolute Gasteiger partial charge is 0.244 e. The van der Waals surface area contributed by atoms with Crippen molar-refractivity contribution in [1.82, 2.24) is 0 Å². The van der Waals surface area contributed by atoms with E-state index in [-0.39, 0.29) is 11.8 Å². The van der Waals surface area contributed by atoms with E-state index in [1.807, 2.05) is 13.0 Å². The van der Waals surface area contributed by atoms with Crippen LogP contribution in [0, 0.1) is 23.7 Å². The molecule has 0 N–H and O–H groups in total. The number of rotatable bonds is 2. The lowest BCUT2D eigenvalue weighted by atomic mass is 9.78. The predicted molar refractivity (Wildman–Crippen MR) is 71.9 cm³/mol. The van der Waals surface area contributed by atoms with Gasteiger partial charge in [-0.15, -0.1) is 0 Å². The monoisotopic (exact) mass is 256 g/mol. The lowest BCUT2D eigenvalue weighted by Crippen LogP contribution is -2.35. The normalized spacial score (nSPS) is 46.4. The van der Waals surface area contributed by atoms with Gasteiger partial charge in [0.1, 0.15) is 12.3 Å². The molecule has 4 atom stereocenters. The van der Waals surface area contributed by atoms with Crippen LogP contribution in [0.2, 0.25) is 0 Å². The molecule has 0 saturated heterocycles. The van der Waals surface area contributed by atoms with Crippen LogP contribution in [0.3, 0.4) is 0 Å². The molecule has 2 saturated carbocycles. The number of allylic oxidation sites excluding steroid dienone is 2. The maximum Gasteiger partial charge on any atom is 0.138 e. The molecule has 0 radical (unpaired) electrons. The third-order valence-corrected chi connectivity index (χ3v) is 4.90. The first-order valence-electron chi connectivity index (χ1n) is 7.54. The standard InChI is InChI=1S/C16H26F2/c1-11-3-6-13(7-4-11)8-10-14-9-5-12(2)15(17)16(14)18/h8,10-16H,3-7,9H2,1-2H3/b10-8+. The number of hydrogen-bond acceptors (Lipinski definition) is 0. The fourth-order valence-electron chi connectivity index (χ4n) is 3.30. The Morgan fingerprint density at radius 3 is 2.11 bits per heavy atom. The highest BCUT2D eigenvalue weighted by molar-refractivity contribution is 5.01. The van der Waals surface area contributed by atoms with Gasteiger partial charge in [0.15, 0.2) is 0 Å². The third-order valence-electron chi connectivity index (χ3n) is 4.90. The van der Waals surface area contributed by atoms with Gasteiger partial charge < -0.3 is 0 Å². The van der Waals surface area contributed by atoms with E-state index in [2.05, 4.69) is 13.0 Å². The summed E-state index contributed by atoms with van der Waals surface area (Å²) >= 11 is 0. The van der Waals surface area contributed by atoms with Crippen molar-refractivity contribution in [2.45, 2.75) is 64.7 Å². The van der Waals surface area contributed by atoms with Gasteiger partial charge in [-0.25, -0.2) is 8.78 Å². The molecular formula is C16H26F2. The zero-order valence-corrected chi connectivity index (χ0v) is 11.6. The van der Waals surface area contributed by atoms with Crippen molar-refractivity contribution in [3.05, 3.63) is 12.2 Å². The Labute approximate surface area is 110 Å². The molecule has 0 amide bonds. The Morgan fingerprint density at radius 1 is 0.778 bits per heavy atom. The summed E-state index contributed by atoms with van der Waals surface area (Å²) in [6.45, 7) is 4.12. The average molecular weight is 256 g/mol. The smallest absolute Gasteiger partial charge is 0.138 e. The van der Waals surface area contributed by atoms with Gasteiger partial charge in [-0.2, -0.15) is 0 Å². The van der Waals surface area contributed by atoms with Gasteiger partial charge in [0.05, 0.1) is 0 Å². The van der Waals surface area contributed by atoms with Crippen LogP contribution >= 0.6 is 0 Å². The van der Waals surface area contributed by atoms with E-state index in [4.69, 9.17) is 0 Å². The van der Waals surface area contributed by atoms with Crippen LogP contribution in [-0.4, -0.2) is 12.3 Å². The number of alkyl halides is 2. The number of halogens is 2. The second-order valence-electron chi connectivity index (χ2n) is 6.51. The molecule has 0 aromatic rings. The second kappa shape index (κ2) is 6.16. The zero-order chi connectivity index (χ0) is 13.1. The van der Waals surface area contributed by atoms with E-state index in [1.165, 1.54) is 25.7 Å². The minimum Gasteiger partial charge on any atom is -0.244 e. The van der Waals surface area contributed by atoms with E-state index in [9.17, 15) is 8.78 Å². The van der Waals surface area contributed by atoms with E-state index in [1.54, 1.807) is 0 Å². The Balaban J connectivity index is 1.85. The molecule has 0 aromatic heterocycles. The van der Waals surface area contributed by atoms with E-state index >= 15 is 0 Å². The molecule has 2 aliphatic rings. The van der Waals surface area contributed by atoms with E-state index in [0.29, 0.717) is 5.92 Å². The van der Waals surface area contributed by atoms with Gasteiger partial charge in [-0.1, -0.05) is 38.8 Å². The first kappa shape index (κ1) is 14.0. The molecular weight excluding hydrogens is 230 g/mol. The summed E-state index contributed by atoms with van der Waals surface area (Å²) in [6.07, 6.45) is 8.22. The van der Waals surface area contributed by atoms with Gasteiger partial charge in [-0.3, -0.25) is 0 Å². The van der Waals surface area contributed by atoms with Crippen molar-refractivity contribution in [3.8, 4) is 0 Å². The highest BCUT2D eigenvalue weighted by Crippen LogP contribution is 2.35. The fourth-order valence-corrected chi connectivity index (χ4v) is 3.30. The van der Waals surface area contributed by atoms with Crippen molar-refractivity contribution in [1.29, 1.82) is 0 Å². The summed E-state index contributed by atoms with van der Waals surface area (Å²) in [5.74, 6) is 1.15. The molecule has 0 bridgehead atoms. The quantitative estimate of drug-likeness (QED) is 0.604.